The fourth-order valence-corrected chi connectivity index (χ4v) is 4.20. The lowest BCUT2D eigenvalue weighted by Gasteiger charge is -2.38. The number of likely N-dealkylation sites (N-methyl/N-ethyl adjacent to an activating group) is 1. The largest absolute Gasteiger partial charge is 0.465 e. The van der Waals surface area contributed by atoms with Crippen LogP contribution < -0.4 is 0 Å². The van der Waals surface area contributed by atoms with Crippen LogP contribution in [0, 0.1) is 11.7 Å². The Bertz CT molecular complexity index is 796. The molecule has 164 valence electrons. The van der Waals surface area contributed by atoms with Gasteiger partial charge < -0.3 is 4.74 Å². The molecule has 1 saturated heterocycles. The monoisotopic (exact) mass is 434 g/mol. The number of benzene rings is 1. The second kappa shape index (κ2) is 10.6. The Labute approximate surface area is 183 Å². The van der Waals surface area contributed by atoms with Gasteiger partial charge in [-0.1, -0.05) is 24.3 Å². The fraction of sp³-hybridized carbons (Fsp3) is 0.565. The average molecular weight is 435 g/mol. The molecule has 3 rings (SSSR count). The smallest absolute Gasteiger partial charge is 0.320 e. The molecule has 1 heterocycles. The SMILES string of the molecule is CCOC(=O)CN(C)C/C=C1/CN(C(C(=O)C2CC2)c2ccccc2F)CCC1S. The minimum absolute atomic E-state index is 0.0477. The van der Waals surface area contributed by atoms with Crippen LogP contribution in [-0.4, -0.2) is 66.6 Å². The number of esters is 1. The van der Waals surface area contributed by atoms with Crippen LogP contribution in [0.3, 0.4) is 0 Å². The van der Waals surface area contributed by atoms with E-state index in [1.165, 1.54) is 6.07 Å². The maximum Gasteiger partial charge on any atom is 0.320 e. The van der Waals surface area contributed by atoms with Crippen LogP contribution in [0.1, 0.15) is 37.8 Å². The van der Waals surface area contributed by atoms with Crippen LogP contribution in [0.2, 0.25) is 0 Å². The van der Waals surface area contributed by atoms with Gasteiger partial charge in [-0.25, -0.2) is 4.39 Å². The van der Waals surface area contributed by atoms with E-state index in [1.54, 1.807) is 25.1 Å². The van der Waals surface area contributed by atoms with E-state index < -0.39 is 6.04 Å². The third-order valence-corrected chi connectivity index (χ3v) is 6.28. The van der Waals surface area contributed by atoms with E-state index in [-0.39, 0.29) is 35.3 Å². The zero-order valence-corrected chi connectivity index (χ0v) is 18.6. The Hall–Kier alpha value is -1.70. The zero-order valence-electron chi connectivity index (χ0n) is 17.7. The fourth-order valence-electron chi connectivity index (χ4n) is 3.90. The molecule has 7 heteroatoms. The highest BCUT2D eigenvalue weighted by Crippen LogP contribution is 2.39. The van der Waals surface area contributed by atoms with Gasteiger partial charge in [-0.05, 0) is 44.9 Å². The van der Waals surface area contributed by atoms with E-state index in [2.05, 4.69) is 11.0 Å². The standard InChI is InChI=1S/C23H31FN2O3S/c1-3-29-21(27)15-25(2)12-10-17-14-26(13-11-20(17)30)22(23(28)16-8-9-16)18-6-4-5-7-19(18)24/h4-7,10,16,20,22,30H,3,8-9,11-15H2,1-2H3/b17-10-. The van der Waals surface area contributed by atoms with Crippen molar-refractivity contribution in [1.82, 2.24) is 9.80 Å². The molecule has 0 radical (unpaired) electrons. The Morgan fingerprint density at radius 1 is 1.33 bits per heavy atom. The second-order valence-electron chi connectivity index (χ2n) is 8.16. The van der Waals surface area contributed by atoms with Gasteiger partial charge in [-0.2, -0.15) is 12.6 Å². The van der Waals surface area contributed by atoms with Crippen molar-refractivity contribution < 1.29 is 18.7 Å². The van der Waals surface area contributed by atoms with Crippen molar-refractivity contribution in [2.75, 3.05) is 39.8 Å². The number of hydrogen-bond acceptors (Lipinski definition) is 6. The Balaban J connectivity index is 1.73. The first-order chi connectivity index (χ1) is 14.4. The maximum absolute atomic E-state index is 14.6. The highest BCUT2D eigenvalue weighted by Gasteiger charge is 2.40. The van der Waals surface area contributed by atoms with Crippen LogP contribution in [0.15, 0.2) is 35.9 Å². The summed E-state index contributed by atoms with van der Waals surface area (Å²) in [6.07, 6.45) is 4.66. The first-order valence-corrected chi connectivity index (χ1v) is 11.2. The summed E-state index contributed by atoms with van der Waals surface area (Å²) in [4.78, 5) is 28.7. The van der Waals surface area contributed by atoms with Crippen molar-refractivity contribution in [3.8, 4) is 0 Å². The first-order valence-electron chi connectivity index (χ1n) is 10.6. The second-order valence-corrected chi connectivity index (χ2v) is 8.78. The number of Topliss-reactive ketones (excluding diaryl/α,β-unsaturated/α-hetero) is 1. The lowest BCUT2D eigenvalue weighted by molar-refractivity contribution is -0.144. The molecule has 2 unspecified atom stereocenters. The third-order valence-electron chi connectivity index (χ3n) is 5.69. The quantitative estimate of drug-likeness (QED) is 0.367. The molecule has 1 aromatic carbocycles. The number of likely N-dealkylation sites (tertiary alicyclic amines) is 1. The number of carbonyl (C=O) groups excluding carboxylic acids is 2. The summed E-state index contributed by atoms with van der Waals surface area (Å²) in [5.74, 6) is -0.409. The minimum atomic E-state index is -0.555. The van der Waals surface area contributed by atoms with Crippen molar-refractivity contribution in [3.05, 3.63) is 47.3 Å². The van der Waals surface area contributed by atoms with Crippen molar-refractivity contribution >= 4 is 24.4 Å². The number of nitrogens with zero attached hydrogens (tertiary/aromatic N) is 2. The van der Waals surface area contributed by atoms with Gasteiger partial charge in [0, 0.05) is 36.4 Å². The number of carbonyl (C=O) groups is 2. The molecule has 0 aromatic heterocycles. The molecule has 1 aliphatic carbocycles. The lowest BCUT2D eigenvalue weighted by atomic mass is 9.93. The summed E-state index contributed by atoms with van der Waals surface area (Å²) < 4.78 is 19.6. The summed E-state index contributed by atoms with van der Waals surface area (Å²) in [6.45, 7) is 4.22. The van der Waals surface area contributed by atoms with Gasteiger partial charge in [0.05, 0.1) is 19.2 Å². The zero-order chi connectivity index (χ0) is 21.7. The molecular weight excluding hydrogens is 403 g/mol. The molecular formula is C23H31FN2O3S. The van der Waals surface area contributed by atoms with Gasteiger partial charge in [0.2, 0.25) is 0 Å². The molecule has 0 bridgehead atoms. The van der Waals surface area contributed by atoms with Gasteiger partial charge >= 0.3 is 5.97 Å². The van der Waals surface area contributed by atoms with E-state index in [4.69, 9.17) is 17.4 Å². The summed E-state index contributed by atoms with van der Waals surface area (Å²) in [5.41, 5.74) is 1.57. The normalized spacial score (nSPS) is 22.3. The number of ether oxygens (including phenoxy) is 1. The molecule has 1 aliphatic heterocycles. The molecule has 30 heavy (non-hydrogen) atoms. The van der Waals surface area contributed by atoms with Gasteiger partial charge in [0.15, 0.2) is 5.78 Å². The van der Waals surface area contributed by atoms with Crippen molar-refractivity contribution in [3.63, 3.8) is 0 Å². The molecule has 5 nitrogen and oxygen atoms in total. The highest BCUT2D eigenvalue weighted by molar-refractivity contribution is 7.81. The van der Waals surface area contributed by atoms with E-state index in [0.29, 0.717) is 31.8 Å². The van der Waals surface area contributed by atoms with E-state index >= 15 is 0 Å². The van der Waals surface area contributed by atoms with Crippen LogP contribution in [0.4, 0.5) is 4.39 Å². The molecule has 1 aromatic rings. The number of halogens is 1. The van der Waals surface area contributed by atoms with Crippen molar-refractivity contribution in [2.45, 2.75) is 37.5 Å². The van der Waals surface area contributed by atoms with Gasteiger partial charge in [-0.3, -0.25) is 19.4 Å². The molecule has 0 N–H and O–H groups in total. The third kappa shape index (κ3) is 5.93. The number of hydrogen-bond donors (Lipinski definition) is 1. The van der Waals surface area contributed by atoms with Crippen LogP contribution in [-0.2, 0) is 14.3 Å². The van der Waals surface area contributed by atoms with Crippen molar-refractivity contribution in [1.29, 1.82) is 0 Å². The lowest BCUT2D eigenvalue weighted by Crippen LogP contribution is -2.43. The van der Waals surface area contributed by atoms with Crippen LogP contribution >= 0.6 is 12.6 Å². The van der Waals surface area contributed by atoms with E-state index in [0.717, 1.165) is 24.8 Å². The summed E-state index contributed by atoms with van der Waals surface area (Å²) in [5, 5.41) is 0.0922. The first kappa shape index (κ1) is 23.0. The van der Waals surface area contributed by atoms with Crippen LogP contribution in [0.5, 0.6) is 0 Å². The van der Waals surface area contributed by atoms with E-state index in [1.807, 2.05) is 11.9 Å². The maximum atomic E-state index is 14.6. The summed E-state index contributed by atoms with van der Waals surface area (Å²) in [6, 6.07) is 6.04. The predicted molar refractivity (Wildman–Crippen MR) is 118 cm³/mol. The number of rotatable bonds is 9. The molecule has 2 fully saturated rings. The van der Waals surface area contributed by atoms with Gasteiger partial charge in [0.1, 0.15) is 5.82 Å². The van der Waals surface area contributed by atoms with Gasteiger partial charge in [-0.15, -0.1) is 0 Å². The summed E-state index contributed by atoms with van der Waals surface area (Å²) in [7, 11) is 1.86. The highest BCUT2D eigenvalue weighted by atomic mass is 32.1. The topological polar surface area (TPSA) is 49.9 Å². The Kier molecular flexibility index (Phi) is 8.08. The summed E-state index contributed by atoms with van der Waals surface area (Å²) >= 11 is 4.72. The molecule has 2 atom stereocenters. The predicted octanol–water partition coefficient (Wildman–Crippen LogP) is 3.27. The molecule has 2 aliphatic rings. The average Bonchev–Trinajstić information content (AvgIpc) is 3.55. The Morgan fingerprint density at radius 3 is 2.73 bits per heavy atom. The van der Waals surface area contributed by atoms with Gasteiger partial charge in [0.25, 0.3) is 0 Å². The molecule has 0 spiro atoms. The minimum Gasteiger partial charge on any atom is -0.465 e. The Morgan fingerprint density at radius 2 is 2.07 bits per heavy atom. The number of piperidine rings is 1. The number of ketones is 1. The van der Waals surface area contributed by atoms with E-state index in [9.17, 15) is 14.0 Å². The van der Waals surface area contributed by atoms with Crippen LogP contribution in [0.25, 0.3) is 0 Å². The number of thiol groups is 1. The van der Waals surface area contributed by atoms with Crippen molar-refractivity contribution in [2.24, 2.45) is 5.92 Å². The molecule has 0 amide bonds. The molecule has 1 saturated carbocycles.